The molecule has 1 heterocycles. The largest absolute Gasteiger partial charge is 0.331 e. The molecule has 1 aliphatic carbocycles. The van der Waals surface area contributed by atoms with Gasteiger partial charge in [-0.1, -0.05) is 6.42 Å². The van der Waals surface area contributed by atoms with Gasteiger partial charge < -0.3 is 10.2 Å². The molecule has 0 spiro atoms. The normalized spacial score (nSPS) is 33.4. The molecule has 96 valence electrons. The van der Waals surface area contributed by atoms with Crippen molar-refractivity contribution in [2.24, 2.45) is 5.92 Å². The van der Waals surface area contributed by atoms with Crippen molar-refractivity contribution < 1.29 is 9.59 Å². The zero-order valence-electron chi connectivity index (χ0n) is 10.7. The maximum atomic E-state index is 12.4. The number of hydrogen-bond acceptors (Lipinski definition) is 3. The predicted molar refractivity (Wildman–Crippen MR) is 65.6 cm³/mol. The first-order valence-electron chi connectivity index (χ1n) is 6.60. The Labute approximate surface area is 103 Å². The second kappa shape index (κ2) is 5.17. The summed E-state index contributed by atoms with van der Waals surface area (Å²) in [5.41, 5.74) is 0. The zero-order chi connectivity index (χ0) is 12.4. The number of nitrogens with one attached hydrogen (secondary N) is 1. The minimum atomic E-state index is -0.0973. The molecule has 0 aromatic heterocycles. The second-order valence-corrected chi connectivity index (χ2v) is 5.35. The third-order valence-corrected chi connectivity index (χ3v) is 4.17. The van der Waals surface area contributed by atoms with Gasteiger partial charge in [-0.25, -0.2) is 0 Å². The highest BCUT2D eigenvalue weighted by molar-refractivity contribution is 5.88. The molecule has 1 saturated carbocycles. The van der Waals surface area contributed by atoms with Gasteiger partial charge in [-0.3, -0.25) is 9.59 Å². The molecule has 17 heavy (non-hydrogen) atoms. The molecular weight excluding hydrogens is 216 g/mol. The average Bonchev–Trinajstić information content (AvgIpc) is 2.70. The number of Topliss-reactive ketones (excluding diaryl/α,β-unsaturated/α-hetero) is 1. The number of amides is 1. The van der Waals surface area contributed by atoms with Crippen molar-refractivity contribution in [2.45, 2.75) is 51.1 Å². The van der Waals surface area contributed by atoms with Crippen LogP contribution in [0.1, 0.15) is 39.0 Å². The zero-order valence-corrected chi connectivity index (χ0v) is 10.7. The van der Waals surface area contributed by atoms with Gasteiger partial charge in [0.25, 0.3) is 0 Å². The topological polar surface area (TPSA) is 49.4 Å². The summed E-state index contributed by atoms with van der Waals surface area (Å²) in [4.78, 5) is 25.5. The van der Waals surface area contributed by atoms with E-state index in [1.54, 1.807) is 6.92 Å². The van der Waals surface area contributed by atoms with E-state index in [0.29, 0.717) is 12.0 Å². The maximum Gasteiger partial charge on any atom is 0.240 e. The number of hydrogen-bond donors (Lipinski definition) is 1. The number of likely N-dealkylation sites (N-methyl/N-ethyl adjacent to an activating group) is 1. The molecule has 0 radical (unpaired) electrons. The minimum Gasteiger partial charge on any atom is -0.331 e. The highest BCUT2D eigenvalue weighted by atomic mass is 16.2. The van der Waals surface area contributed by atoms with Crippen molar-refractivity contribution in [3.8, 4) is 0 Å². The van der Waals surface area contributed by atoms with E-state index in [0.717, 1.165) is 19.3 Å². The number of rotatable bonds is 3. The average molecular weight is 238 g/mol. The van der Waals surface area contributed by atoms with Gasteiger partial charge in [-0.05, 0) is 45.6 Å². The van der Waals surface area contributed by atoms with Crippen LogP contribution in [0.2, 0.25) is 0 Å². The Bertz CT molecular complexity index is 317. The molecule has 1 saturated heterocycles. The quantitative estimate of drug-likeness (QED) is 0.796. The molecular formula is C13H22N2O2. The Kier molecular flexibility index (Phi) is 3.82. The summed E-state index contributed by atoms with van der Waals surface area (Å²) in [6.45, 7) is 1.86. The molecule has 3 unspecified atom stereocenters. The van der Waals surface area contributed by atoms with Crippen LogP contribution in [0.3, 0.4) is 0 Å². The third-order valence-electron chi connectivity index (χ3n) is 4.17. The molecule has 4 nitrogen and oxygen atoms in total. The Balaban J connectivity index is 2.19. The van der Waals surface area contributed by atoms with Gasteiger partial charge in [0.1, 0.15) is 5.78 Å². The lowest BCUT2D eigenvalue weighted by Crippen LogP contribution is -2.49. The van der Waals surface area contributed by atoms with Crippen LogP contribution in [0, 0.1) is 5.92 Å². The summed E-state index contributed by atoms with van der Waals surface area (Å²) in [7, 11) is 1.83. The van der Waals surface area contributed by atoms with Crippen molar-refractivity contribution >= 4 is 11.7 Å². The minimum absolute atomic E-state index is 0.0840. The molecule has 3 atom stereocenters. The fraction of sp³-hybridized carbons (Fsp3) is 0.846. The fourth-order valence-electron chi connectivity index (χ4n) is 3.33. The van der Waals surface area contributed by atoms with E-state index in [2.05, 4.69) is 5.32 Å². The standard InChI is InChI=1S/C13H22N2O2/c1-9(16)8-15-12-5-3-4-10(12)6-7-11(14-2)13(15)17/h10-12,14H,3-8H2,1-2H3. The first-order chi connectivity index (χ1) is 8.13. The summed E-state index contributed by atoms with van der Waals surface area (Å²) >= 11 is 0. The predicted octanol–water partition coefficient (Wildman–Crippen LogP) is 0.954. The van der Waals surface area contributed by atoms with E-state index in [1.807, 2.05) is 11.9 Å². The van der Waals surface area contributed by atoms with Crippen LogP contribution in [-0.4, -0.2) is 42.3 Å². The van der Waals surface area contributed by atoms with E-state index in [4.69, 9.17) is 0 Å². The molecule has 2 aliphatic rings. The van der Waals surface area contributed by atoms with Gasteiger partial charge in [0, 0.05) is 6.04 Å². The van der Waals surface area contributed by atoms with Gasteiger partial charge >= 0.3 is 0 Å². The molecule has 1 amide bonds. The third kappa shape index (κ3) is 2.51. The second-order valence-electron chi connectivity index (χ2n) is 5.35. The van der Waals surface area contributed by atoms with Gasteiger partial charge in [-0.15, -0.1) is 0 Å². The van der Waals surface area contributed by atoms with Crippen LogP contribution in [0.15, 0.2) is 0 Å². The lowest BCUT2D eigenvalue weighted by Gasteiger charge is -2.31. The SMILES string of the molecule is CNC1CCC2CCCC2N(CC(C)=O)C1=O. The van der Waals surface area contributed by atoms with E-state index in [9.17, 15) is 9.59 Å². The Morgan fingerprint density at radius 1 is 1.35 bits per heavy atom. The molecule has 0 bridgehead atoms. The van der Waals surface area contributed by atoms with E-state index in [1.165, 1.54) is 12.8 Å². The summed E-state index contributed by atoms with van der Waals surface area (Å²) < 4.78 is 0. The van der Waals surface area contributed by atoms with Crippen molar-refractivity contribution in [3.63, 3.8) is 0 Å². The highest BCUT2D eigenvalue weighted by Gasteiger charge is 2.40. The van der Waals surface area contributed by atoms with Crippen molar-refractivity contribution in [2.75, 3.05) is 13.6 Å². The van der Waals surface area contributed by atoms with Crippen LogP contribution in [-0.2, 0) is 9.59 Å². The van der Waals surface area contributed by atoms with Crippen molar-refractivity contribution in [1.29, 1.82) is 0 Å². The molecule has 4 heteroatoms. The Morgan fingerprint density at radius 3 is 2.76 bits per heavy atom. The maximum absolute atomic E-state index is 12.4. The summed E-state index contributed by atoms with van der Waals surface area (Å²) in [6.07, 6.45) is 5.49. The number of ketones is 1. The highest BCUT2D eigenvalue weighted by Crippen LogP contribution is 2.36. The van der Waals surface area contributed by atoms with Crippen LogP contribution >= 0.6 is 0 Å². The van der Waals surface area contributed by atoms with Crippen LogP contribution < -0.4 is 5.32 Å². The van der Waals surface area contributed by atoms with Crippen molar-refractivity contribution in [3.05, 3.63) is 0 Å². The number of nitrogens with zero attached hydrogens (tertiary/aromatic N) is 1. The van der Waals surface area contributed by atoms with Crippen LogP contribution in [0.4, 0.5) is 0 Å². The summed E-state index contributed by atoms with van der Waals surface area (Å²) in [6, 6.07) is 0.213. The monoisotopic (exact) mass is 238 g/mol. The Morgan fingerprint density at radius 2 is 2.12 bits per heavy atom. The number of likely N-dealkylation sites (tertiary alicyclic amines) is 1. The summed E-state index contributed by atoms with van der Waals surface area (Å²) in [5.74, 6) is 0.814. The lowest BCUT2D eigenvalue weighted by atomic mass is 9.97. The molecule has 1 N–H and O–H groups in total. The number of carbonyl (C=O) groups is 2. The Hall–Kier alpha value is -0.900. The van der Waals surface area contributed by atoms with E-state index in [-0.39, 0.29) is 24.3 Å². The molecule has 2 fully saturated rings. The summed E-state index contributed by atoms with van der Waals surface area (Å²) in [5, 5.41) is 3.08. The number of fused-ring (bicyclic) bond motifs is 1. The van der Waals surface area contributed by atoms with Crippen LogP contribution in [0.25, 0.3) is 0 Å². The van der Waals surface area contributed by atoms with E-state index >= 15 is 0 Å². The van der Waals surface area contributed by atoms with Gasteiger partial charge in [-0.2, -0.15) is 0 Å². The smallest absolute Gasteiger partial charge is 0.240 e. The lowest BCUT2D eigenvalue weighted by molar-refractivity contribution is -0.138. The van der Waals surface area contributed by atoms with Gasteiger partial charge in [0.2, 0.25) is 5.91 Å². The van der Waals surface area contributed by atoms with Gasteiger partial charge in [0.05, 0.1) is 12.6 Å². The molecule has 0 aromatic carbocycles. The molecule has 2 rings (SSSR count). The van der Waals surface area contributed by atoms with Crippen LogP contribution in [0.5, 0.6) is 0 Å². The molecule has 0 aromatic rings. The van der Waals surface area contributed by atoms with E-state index < -0.39 is 0 Å². The first kappa shape index (κ1) is 12.6. The van der Waals surface area contributed by atoms with Crippen molar-refractivity contribution in [1.82, 2.24) is 10.2 Å². The fourth-order valence-corrected chi connectivity index (χ4v) is 3.33. The first-order valence-corrected chi connectivity index (χ1v) is 6.60. The number of carbonyl (C=O) groups excluding carboxylic acids is 2. The molecule has 1 aliphatic heterocycles. The van der Waals surface area contributed by atoms with Gasteiger partial charge in [0.15, 0.2) is 0 Å².